The predicted molar refractivity (Wildman–Crippen MR) is 108 cm³/mol. The molecule has 0 aliphatic carbocycles. The topological polar surface area (TPSA) is 20.3 Å². The number of hydrogen-bond donors (Lipinski definition) is 0. The minimum Gasteiger partial charge on any atom is -0.299 e. The maximum absolute atomic E-state index is 12.5. The van der Waals surface area contributed by atoms with Gasteiger partial charge in [-0.05, 0) is 48.0 Å². The zero-order valence-corrected chi connectivity index (χ0v) is 16.4. The van der Waals surface area contributed by atoms with Crippen molar-refractivity contribution in [2.45, 2.75) is 52.0 Å². The third-order valence-electron chi connectivity index (χ3n) is 5.49. The lowest BCUT2D eigenvalue weighted by Gasteiger charge is -2.31. The van der Waals surface area contributed by atoms with Crippen LogP contribution >= 0.6 is 0 Å². The van der Waals surface area contributed by atoms with Crippen LogP contribution in [0.2, 0.25) is 0 Å². The van der Waals surface area contributed by atoms with Crippen LogP contribution in [0.1, 0.15) is 50.3 Å². The van der Waals surface area contributed by atoms with E-state index in [1.54, 1.807) is 0 Å². The van der Waals surface area contributed by atoms with E-state index in [1.807, 2.05) is 30.3 Å². The number of carbonyl (C=O) groups is 1. The second-order valence-electron chi connectivity index (χ2n) is 8.63. The van der Waals surface area contributed by atoms with Crippen LogP contribution in [-0.4, -0.2) is 23.8 Å². The molecule has 0 N–H and O–H groups in total. The Morgan fingerprint density at radius 2 is 1.54 bits per heavy atom. The van der Waals surface area contributed by atoms with E-state index in [-0.39, 0.29) is 11.3 Å². The van der Waals surface area contributed by atoms with Gasteiger partial charge in [-0.2, -0.15) is 0 Å². The third-order valence-corrected chi connectivity index (χ3v) is 5.49. The summed E-state index contributed by atoms with van der Waals surface area (Å²) in [7, 11) is 0. The van der Waals surface area contributed by atoms with Crippen LogP contribution in [0, 0.1) is 5.92 Å². The molecule has 2 aromatic carbocycles. The third kappa shape index (κ3) is 5.04. The molecule has 138 valence electrons. The van der Waals surface area contributed by atoms with Crippen molar-refractivity contribution in [2.24, 2.45) is 5.92 Å². The Morgan fingerprint density at radius 3 is 2.12 bits per heavy atom. The van der Waals surface area contributed by atoms with Crippen LogP contribution in [0.5, 0.6) is 0 Å². The molecule has 0 bridgehead atoms. The molecule has 2 nitrogen and oxygen atoms in total. The Bertz CT molecular complexity index is 704. The predicted octanol–water partition coefficient (Wildman–Crippen LogP) is 5.01. The lowest BCUT2D eigenvalue weighted by molar-refractivity contribution is -0.123. The van der Waals surface area contributed by atoms with E-state index in [2.05, 4.69) is 49.9 Å². The van der Waals surface area contributed by atoms with Crippen molar-refractivity contribution >= 4 is 5.78 Å². The Morgan fingerprint density at radius 1 is 0.923 bits per heavy atom. The van der Waals surface area contributed by atoms with Gasteiger partial charge in [-0.3, -0.25) is 9.69 Å². The van der Waals surface area contributed by atoms with Crippen molar-refractivity contribution in [3.63, 3.8) is 0 Å². The molecule has 1 aliphatic heterocycles. The average Bonchev–Trinajstić information content (AvgIpc) is 2.63. The number of ketones is 1. The Balaban J connectivity index is 1.48. The molecule has 1 fully saturated rings. The first-order valence-corrected chi connectivity index (χ1v) is 9.80. The van der Waals surface area contributed by atoms with Crippen LogP contribution in [-0.2, 0) is 23.2 Å². The Kier molecular flexibility index (Phi) is 5.93. The van der Waals surface area contributed by atoms with E-state index >= 15 is 0 Å². The van der Waals surface area contributed by atoms with Crippen molar-refractivity contribution in [1.29, 1.82) is 0 Å². The molecule has 0 aromatic heterocycles. The SMILES string of the molecule is CC(C)(C)c1ccc(CN2CCC(C(=O)Cc3ccccc3)CC2)cc1. The van der Waals surface area contributed by atoms with E-state index in [0.29, 0.717) is 12.2 Å². The highest BCUT2D eigenvalue weighted by atomic mass is 16.1. The summed E-state index contributed by atoms with van der Waals surface area (Å²) in [5, 5.41) is 0. The standard InChI is InChI=1S/C24H31NO/c1-24(2,3)22-11-9-20(10-12-22)18-25-15-13-21(14-16-25)23(26)17-19-7-5-4-6-8-19/h4-12,21H,13-18H2,1-3H3. The van der Waals surface area contributed by atoms with E-state index < -0.39 is 0 Å². The molecule has 0 spiro atoms. The molecule has 1 heterocycles. The molecule has 0 radical (unpaired) electrons. The maximum atomic E-state index is 12.5. The molecule has 0 unspecified atom stereocenters. The number of piperidine rings is 1. The van der Waals surface area contributed by atoms with Crippen molar-refractivity contribution in [1.82, 2.24) is 4.90 Å². The van der Waals surface area contributed by atoms with Gasteiger partial charge in [0.05, 0.1) is 0 Å². The number of Topliss-reactive ketones (excluding diaryl/α,β-unsaturated/α-hetero) is 1. The summed E-state index contributed by atoms with van der Waals surface area (Å²) in [6, 6.07) is 19.1. The first-order chi connectivity index (χ1) is 12.4. The van der Waals surface area contributed by atoms with Gasteiger partial charge in [0.15, 0.2) is 0 Å². The van der Waals surface area contributed by atoms with Crippen molar-refractivity contribution in [3.05, 3.63) is 71.3 Å². The van der Waals surface area contributed by atoms with Crippen LogP contribution in [0.15, 0.2) is 54.6 Å². The lowest BCUT2D eigenvalue weighted by atomic mass is 9.86. The molecule has 26 heavy (non-hydrogen) atoms. The molecule has 1 aliphatic rings. The first kappa shape index (κ1) is 18.8. The highest BCUT2D eigenvalue weighted by Crippen LogP contribution is 2.24. The maximum Gasteiger partial charge on any atom is 0.140 e. The fourth-order valence-corrected chi connectivity index (χ4v) is 3.72. The first-order valence-electron chi connectivity index (χ1n) is 9.80. The fourth-order valence-electron chi connectivity index (χ4n) is 3.72. The zero-order chi connectivity index (χ0) is 18.6. The molecule has 1 saturated heterocycles. The van der Waals surface area contributed by atoms with Crippen LogP contribution in [0.4, 0.5) is 0 Å². The zero-order valence-electron chi connectivity index (χ0n) is 16.4. The molecule has 2 heteroatoms. The second kappa shape index (κ2) is 8.18. The van der Waals surface area contributed by atoms with Crippen LogP contribution in [0.3, 0.4) is 0 Å². The Labute approximate surface area is 158 Å². The molecule has 0 amide bonds. The highest BCUT2D eigenvalue weighted by molar-refractivity contribution is 5.83. The Hall–Kier alpha value is -1.93. The summed E-state index contributed by atoms with van der Waals surface area (Å²) < 4.78 is 0. The molecule has 0 atom stereocenters. The van der Waals surface area contributed by atoms with Gasteiger partial charge in [0.2, 0.25) is 0 Å². The van der Waals surface area contributed by atoms with Crippen LogP contribution < -0.4 is 0 Å². The second-order valence-corrected chi connectivity index (χ2v) is 8.63. The molecular weight excluding hydrogens is 318 g/mol. The quantitative estimate of drug-likeness (QED) is 0.756. The number of rotatable bonds is 5. The van der Waals surface area contributed by atoms with Crippen molar-refractivity contribution in [3.8, 4) is 0 Å². The van der Waals surface area contributed by atoms with Gasteiger partial charge in [-0.25, -0.2) is 0 Å². The molecule has 2 aromatic rings. The smallest absolute Gasteiger partial charge is 0.140 e. The highest BCUT2D eigenvalue weighted by Gasteiger charge is 2.25. The summed E-state index contributed by atoms with van der Waals surface area (Å²) in [5.41, 5.74) is 4.09. The minimum absolute atomic E-state index is 0.204. The van der Waals surface area contributed by atoms with Gasteiger partial charge < -0.3 is 0 Å². The van der Waals surface area contributed by atoms with Crippen molar-refractivity contribution in [2.75, 3.05) is 13.1 Å². The number of likely N-dealkylation sites (tertiary alicyclic amines) is 1. The van der Waals surface area contributed by atoms with E-state index in [0.717, 1.165) is 38.0 Å². The molecule has 0 saturated carbocycles. The largest absolute Gasteiger partial charge is 0.299 e. The lowest BCUT2D eigenvalue weighted by Crippen LogP contribution is -2.36. The van der Waals surface area contributed by atoms with Gasteiger partial charge in [0.25, 0.3) is 0 Å². The van der Waals surface area contributed by atoms with Gasteiger partial charge >= 0.3 is 0 Å². The summed E-state index contributed by atoms with van der Waals surface area (Å²) in [5.74, 6) is 0.639. The number of hydrogen-bond acceptors (Lipinski definition) is 2. The normalized spacial score (nSPS) is 16.6. The monoisotopic (exact) mass is 349 g/mol. The number of carbonyl (C=O) groups excluding carboxylic acids is 1. The van der Waals surface area contributed by atoms with Gasteiger partial charge in [0, 0.05) is 18.9 Å². The summed E-state index contributed by atoms with van der Waals surface area (Å²) in [6.45, 7) is 9.78. The van der Waals surface area contributed by atoms with E-state index in [9.17, 15) is 4.79 Å². The van der Waals surface area contributed by atoms with Gasteiger partial charge in [-0.15, -0.1) is 0 Å². The van der Waals surface area contributed by atoms with E-state index in [1.165, 1.54) is 11.1 Å². The van der Waals surface area contributed by atoms with Crippen molar-refractivity contribution < 1.29 is 4.79 Å². The molecule has 3 rings (SSSR count). The van der Waals surface area contributed by atoms with Gasteiger partial charge in [-0.1, -0.05) is 75.4 Å². The summed E-state index contributed by atoms with van der Waals surface area (Å²) >= 11 is 0. The van der Waals surface area contributed by atoms with Gasteiger partial charge in [0.1, 0.15) is 5.78 Å². The minimum atomic E-state index is 0.204. The fraction of sp³-hybridized carbons (Fsp3) is 0.458. The molecular formula is C24H31NO. The summed E-state index contributed by atoms with van der Waals surface area (Å²) in [6.07, 6.45) is 2.57. The number of nitrogens with zero attached hydrogens (tertiary/aromatic N) is 1. The van der Waals surface area contributed by atoms with Crippen LogP contribution in [0.25, 0.3) is 0 Å². The average molecular weight is 350 g/mol. The summed E-state index contributed by atoms with van der Waals surface area (Å²) in [4.78, 5) is 15.0. The van der Waals surface area contributed by atoms with E-state index in [4.69, 9.17) is 0 Å². The number of benzene rings is 2.